The molecule has 2 aromatic carbocycles. The SMILES string of the molecule is C#CCn1c(=NC(=O)c2c(F)cccc2Cl)sc2cc(C)ccc21. The van der Waals surface area contributed by atoms with Crippen molar-refractivity contribution >= 4 is 39.1 Å². The van der Waals surface area contributed by atoms with Crippen molar-refractivity contribution in [1.82, 2.24) is 4.57 Å². The van der Waals surface area contributed by atoms with Gasteiger partial charge in [-0.15, -0.1) is 6.42 Å². The molecule has 24 heavy (non-hydrogen) atoms. The number of carbonyl (C=O) groups excluding carboxylic acids is 1. The molecule has 0 saturated heterocycles. The molecule has 0 saturated carbocycles. The molecule has 0 radical (unpaired) electrons. The lowest BCUT2D eigenvalue weighted by Gasteiger charge is -2.02. The highest BCUT2D eigenvalue weighted by Crippen LogP contribution is 2.21. The Bertz CT molecular complexity index is 1040. The van der Waals surface area contributed by atoms with Crippen LogP contribution in [0.15, 0.2) is 41.4 Å². The number of halogens is 2. The van der Waals surface area contributed by atoms with Crippen LogP contribution in [0, 0.1) is 25.1 Å². The lowest BCUT2D eigenvalue weighted by atomic mass is 10.2. The normalized spacial score (nSPS) is 11.7. The van der Waals surface area contributed by atoms with Crippen molar-refractivity contribution in [2.75, 3.05) is 0 Å². The van der Waals surface area contributed by atoms with E-state index in [1.54, 1.807) is 4.57 Å². The summed E-state index contributed by atoms with van der Waals surface area (Å²) in [6, 6.07) is 9.96. The highest BCUT2D eigenvalue weighted by atomic mass is 35.5. The molecule has 1 aromatic heterocycles. The maximum absolute atomic E-state index is 13.9. The van der Waals surface area contributed by atoms with Crippen molar-refractivity contribution in [2.45, 2.75) is 13.5 Å². The number of hydrogen-bond donors (Lipinski definition) is 0. The number of hydrogen-bond acceptors (Lipinski definition) is 2. The van der Waals surface area contributed by atoms with Crippen LogP contribution in [-0.4, -0.2) is 10.5 Å². The number of terminal acetylenes is 1. The molecule has 3 nitrogen and oxygen atoms in total. The van der Waals surface area contributed by atoms with Gasteiger partial charge in [0.15, 0.2) is 4.80 Å². The van der Waals surface area contributed by atoms with Gasteiger partial charge in [-0.1, -0.05) is 41.0 Å². The molecule has 120 valence electrons. The van der Waals surface area contributed by atoms with Crippen LogP contribution in [0.1, 0.15) is 15.9 Å². The van der Waals surface area contributed by atoms with Crippen molar-refractivity contribution in [3.63, 3.8) is 0 Å². The van der Waals surface area contributed by atoms with Crippen molar-refractivity contribution in [2.24, 2.45) is 4.99 Å². The standard InChI is InChI=1S/C18H12ClFN2OS/c1-3-9-22-14-8-7-11(2)10-15(14)24-18(22)21-17(23)16-12(19)5-4-6-13(16)20/h1,4-8,10H,9H2,2H3. The van der Waals surface area contributed by atoms with Crippen LogP contribution in [0.4, 0.5) is 4.39 Å². The van der Waals surface area contributed by atoms with E-state index in [9.17, 15) is 9.18 Å². The van der Waals surface area contributed by atoms with Crippen LogP contribution in [0.2, 0.25) is 5.02 Å². The first-order valence-corrected chi connectivity index (χ1v) is 8.27. The second kappa shape index (κ2) is 6.60. The van der Waals surface area contributed by atoms with Gasteiger partial charge < -0.3 is 4.57 Å². The smallest absolute Gasteiger partial charge is 0.284 e. The third kappa shape index (κ3) is 2.99. The maximum Gasteiger partial charge on any atom is 0.284 e. The van der Waals surface area contributed by atoms with E-state index in [0.29, 0.717) is 4.80 Å². The molecular weight excluding hydrogens is 347 g/mol. The van der Waals surface area contributed by atoms with E-state index in [4.69, 9.17) is 18.0 Å². The minimum atomic E-state index is -0.729. The molecule has 3 rings (SSSR count). The highest BCUT2D eigenvalue weighted by Gasteiger charge is 2.16. The zero-order valence-electron chi connectivity index (χ0n) is 12.7. The van der Waals surface area contributed by atoms with E-state index < -0.39 is 11.7 Å². The highest BCUT2D eigenvalue weighted by molar-refractivity contribution is 7.16. The number of aryl methyl sites for hydroxylation is 1. The van der Waals surface area contributed by atoms with E-state index in [0.717, 1.165) is 15.8 Å². The molecule has 6 heteroatoms. The second-order valence-corrected chi connectivity index (χ2v) is 6.58. The predicted octanol–water partition coefficient (Wildman–Crippen LogP) is 4.18. The molecule has 0 N–H and O–H groups in total. The minimum absolute atomic E-state index is 0.0317. The Morgan fingerprint density at radius 3 is 2.92 bits per heavy atom. The van der Waals surface area contributed by atoms with Crippen molar-refractivity contribution in [3.05, 3.63) is 63.2 Å². The fraction of sp³-hybridized carbons (Fsp3) is 0.111. The van der Waals surface area contributed by atoms with Gasteiger partial charge in [0.25, 0.3) is 5.91 Å². The van der Waals surface area contributed by atoms with Crippen LogP contribution in [0.25, 0.3) is 10.2 Å². The Morgan fingerprint density at radius 1 is 1.42 bits per heavy atom. The van der Waals surface area contributed by atoms with Gasteiger partial charge in [0.1, 0.15) is 5.82 Å². The summed E-state index contributed by atoms with van der Waals surface area (Å²) in [5, 5.41) is 0.0317. The lowest BCUT2D eigenvalue weighted by Crippen LogP contribution is -2.17. The number of rotatable bonds is 2. The molecule has 0 spiro atoms. The summed E-state index contributed by atoms with van der Waals surface area (Å²) in [7, 11) is 0. The number of thiazole rings is 1. The minimum Gasteiger partial charge on any atom is -0.305 e. The van der Waals surface area contributed by atoms with Gasteiger partial charge in [-0.25, -0.2) is 4.39 Å². The van der Waals surface area contributed by atoms with Gasteiger partial charge in [-0.3, -0.25) is 4.79 Å². The number of benzene rings is 2. The van der Waals surface area contributed by atoms with Gasteiger partial charge in [0.2, 0.25) is 0 Å². The Labute approximate surface area is 147 Å². The van der Waals surface area contributed by atoms with E-state index in [1.807, 2.05) is 25.1 Å². The predicted molar refractivity (Wildman–Crippen MR) is 94.7 cm³/mol. The van der Waals surface area contributed by atoms with Gasteiger partial charge in [-0.05, 0) is 36.8 Å². The second-order valence-electron chi connectivity index (χ2n) is 5.16. The third-order valence-corrected chi connectivity index (χ3v) is 4.82. The molecule has 0 aliphatic rings. The average Bonchev–Trinajstić information content (AvgIpc) is 2.84. The summed E-state index contributed by atoms with van der Waals surface area (Å²) in [5.74, 6) is 1.12. The molecule has 0 unspecified atom stereocenters. The first kappa shape index (κ1) is 16.4. The number of carbonyl (C=O) groups is 1. The topological polar surface area (TPSA) is 34.4 Å². The number of aromatic nitrogens is 1. The zero-order chi connectivity index (χ0) is 17.3. The van der Waals surface area contributed by atoms with E-state index in [-0.39, 0.29) is 17.1 Å². The Hall–Kier alpha value is -2.42. The summed E-state index contributed by atoms with van der Waals surface area (Å²) in [6.45, 7) is 2.24. The Kier molecular flexibility index (Phi) is 4.52. The largest absolute Gasteiger partial charge is 0.305 e. The van der Waals surface area contributed by atoms with Crippen molar-refractivity contribution < 1.29 is 9.18 Å². The molecule has 0 aliphatic heterocycles. The van der Waals surface area contributed by atoms with E-state index in [1.165, 1.54) is 29.5 Å². The molecular formula is C18H12ClFN2OS. The molecule has 0 aliphatic carbocycles. The van der Waals surface area contributed by atoms with E-state index >= 15 is 0 Å². The van der Waals surface area contributed by atoms with Crippen molar-refractivity contribution in [3.8, 4) is 12.3 Å². The molecule has 3 aromatic rings. The Morgan fingerprint density at radius 2 is 2.21 bits per heavy atom. The lowest BCUT2D eigenvalue weighted by molar-refractivity contribution is 0.0994. The number of amides is 1. The van der Waals surface area contributed by atoms with Crippen LogP contribution in [0.5, 0.6) is 0 Å². The molecule has 0 bridgehead atoms. The first-order chi connectivity index (χ1) is 11.5. The third-order valence-electron chi connectivity index (χ3n) is 3.46. The van der Waals surface area contributed by atoms with Crippen LogP contribution < -0.4 is 4.80 Å². The van der Waals surface area contributed by atoms with Gasteiger partial charge in [0.05, 0.1) is 27.3 Å². The fourth-order valence-corrected chi connectivity index (χ4v) is 3.72. The van der Waals surface area contributed by atoms with Gasteiger partial charge in [-0.2, -0.15) is 4.99 Å². The van der Waals surface area contributed by atoms with Crippen LogP contribution in [0.3, 0.4) is 0 Å². The molecule has 1 heterocycles. The summed E-state index contributed by atoms with van der Waals surface area (Å²) >= 11 is 7.26. The summed E-state index contributed by atoms with van der Waals surface area (Å²) < 4.78 is 16.6. The van der Waals surface area contributed by atoms with E-state index in [2.05, 4.69) is 10.9 Å². The number of fused-ring (bicyclic) bond motifs is 1. The number of nitrogens with zero attached hydrogens (tertiary/aromatic N) is 2. The van der Waals surface area contributed by atoms with Gasteiger partial charge in [0, 0.05) is 0 Å². The maximum atomic E-state index is 13.9. The first-order valence-electron chi connectivity index (χ1n) is 7.08. The summed E-state index contributed by atoms with van der Waals surface area (Å²) in [4.78, 5) is 16.9. The molecule has 0 atom stereocenters. The molecule has 1 amide bonds. The van der Waals surface area contributed by atoms with Crippen LogP contribution in [-0.2, 0) is 6.54 Å². The average molecular weight is 359 g/mol. The summed E-state index contributed by atoms with van der Waals surface area (Å²) in [6.07, 6.45) is 5.43. The summed E-state index contributed by atoms with van der Waals surface area (Å²) in [5.41, 5.74) is 1.74. The zero-order valence-corrected chi connectivity index (χ0v) is 14.3. The Balaban J connectivity index is 2.21. The monoisotopic (exact) mass is 358 g/mol. The molecule has 0 fully saturated rings. The fourth-order valence-electron chi connectivity index (χ4n) is 2.35. The van der Waals surface area contributed by atoms with Crippen molar-refractivity contribution in [1.29, 1.82) is 0 Å². The quantitative estimate of drug-likeness (QED) is 0.633. The van der Waals surface area contributed by atoms with Crippen LogP contribution >= 0.6 is 22.9 Å². The van der Waals surface area contributed by atoms with Gasteiger partial charge >= 0.3 is 0 Å².